The zero-order valence-electron chi connectivity index (χ0n) is 10.0. The van der Waals surface area contributed by atoms with Gasteiger partial charge in [0.1, 0.15) is 5.71 Å². The van der Waals surface area contributed by atoms with Crippen LogP contribution in [0.15, 0.2) is 35.5 Å². The van der Waals surface area contributed by atoms with Gasteiger partial charge in [-0.3, -0.25) is 0 Å². The number of aromatic hydroxyl groups is 1. The Balaban J connectivity index is 2.53. The summed E-state index contributed by atoms with van der Waals surface area (Å²) in [6.07, 6.45) is 0. The van der Waals surface area contributed by atoms with Crippen LogP contribution in [0.25, 0.3) is 0 Å². The Kier molecular flexibility index (Phi) is 3.53. The third kappa shape index (κ3) is 2.17. The van der Waals surface area contributed by atoms with Crippen LogP contribution in [0.3, 0.4) is 0 Å². The lowest BCUT2D eigenvalue weighted by Crippen LogP contribution is -2.02. The second kappa shape index (κ2) is 5.10. The van der Waals surface area contributed by atoms with Crippen molar-refractivity contribution in [1.29, 1.82) is 0 Å². The number of nitrogens with zero attached hydrogens (tertiary/aromatic N) is 1. The van der Waals surface area contributed by atoms with Crippen LogP contribution in [0.2, 0.25) is 0 Å². The number of benzene rings is 1. The highest BCUT2D eigenvalue weighted by molar-refractivity contribution is 7.14. The van der Waals surface area contributed by atoms with Crippen molar-refractivity contribution in [3.8, 4) is 11.5 Å². The summed E-state index contributed by atoms with van der Waals surface area (Å²) < 4.78 is 5.04. The Morgan fingerprint density at radius 2 is 2.06 bits per heavy atom. The lowest BCUT2D eigenvalue weighted by molar-refractivity contribution is 0.319. The van der Waals surface area contributed by atoms with Crippen molar-refractivity contribution in [2.75, 3.05) is 7.11 Å². The van der Waals surface area contributed by atoms with Gasteiger partial charge in [-0.05, 0) is 31.2 Å². The van der Waals surface area contributed by atoms with Crippen molar-refractivity contribution in [3.63, 3.8) is 0 Å². The molecule has 1 aromatic heterocycles. The molecule has 2 aromatic rings. The fourth-order valence-electron chi connectivity index (χ4n) is 1.68. The number of para-hydroxylation sites is 1. The molecular weight excluding hydrogens is 250 g/mol. The van der Waals surface area contributed by atoms with Crippen molar-refractivity contribution >= 4 is 17.0 Å². The molecule has 1 aromatic carbocycles. The summed E-state index contributed by atoms with van der Waals surface area (Å²) in [6, 6.07) is 8.85. The number of rotatable bonds is 3. The van der Waals surface area contributed by atoms with Crippen molar-refractivity contribution in [2.45, 2.75) is 6.92 Å². The largest absolute Gasteiger partial charge is 0.504 e. The van der Waals surface area contributed by atoms with Gasteiger partial charge in [0.15, 0.2) is 11.5 Å². The quantitative estimate of drug-likeness (QED) is 0.508. The number of hydrogen-bond donors (Lipinski definition) is 2. The topological polar surface area (TPSA) is 62.0 Å². The molecule has 0 aliphatic rings. The fourth-order valence-corrected chi connectivity index (χ4v) is 2.54. The van der Waals surface area contributed by atoms with Crippen LogP contribution >= 0.6 is 11.3 Å². The number of thiophene rings is 1. The van der Waals surface area contributed by atoms with Crippen molar-refractivity contribution < 1.29 is 15.1 Å². The molecule has 94 valence electrons. The SMILES string of the molecule is COc1cccc(/C(=N\O)c2ccc(C)s2)c1O. The molecule has 0 unspecified atom stereocenters. The smallest absolute Gasteiger partial charge is 0.167 e. The van der Waals surface area contributed by atoms with Gasteiger partial charge in [0.2, 0.25) is 0 Å². The van der Waals surface area contributed by atoms with E-state index in [-0.39, 0.29) is 5.75 Å². The van der Waals surface area contributed by atoms with E-state index in [4.69, 9.17) is 4.74 Å². The molecule has 0 atom stereocenters. The van der Waals surface area contributed by atoms with E-state index in [9.17, 15) is 10.3 Å². The Bertz CT molecular complexity index is 590. The minimum Gasteiger partial charge on any atom is -0.504 e. The summed E-state index contributed by atoms with van der Waals surface area (Å²) >= 11 is 1.49. The lowest BCUT2D eigenvalue weighted by Gasteiger charge is -2.08. The predicted octanol–water partition coefficient (Wildman–Crippen LogP) is 3.00. The Morgan fingerprint density at radius 1 is 1.28 bits per heavy atom. The first-order chi connectivity index (χ1) is 8.67. The lowest BCUT2D eigenvalue weighted by atomic mass is 10.1. The van der Waals surface area contributed by atoms with Gasteiger partial charge in [0.05, 0.1) is 17.6 Å². The second-order valence-electron chi connectivity index (χ2n) is 3.72. The molecule has 0 aliphatic carbocycles. The first-order valence-corrected chi connectivity index (χ1v) is 6.14. The van der Waals surface area contributed by atoms with Gasteiger partial charge in [-0.2, -0.15) is 0 Å². The maximum atomic E-state index is 10.0. The average molecular weight is 263 g/mol. The number of aryl methyl sites for hydroxylation is 1. The Labute approximate surface area is 109 Å². The molecule has 0 aliphatic heterocycles. The van der Waals surface area contributed by atoms with Crippen LogP contribution < -0.4 is 4.74 Å². The number of phenols is 1. The molecule has 2 rings (SSSR count). The standard InChI is InChI=1S/C13H13NO3S/c1-8-6-7-11(18-8)12(14-16)9-4-3-5-10(17-2)13(9)15/h3-7,15-16H,1-2H3/b14-12+. The number of hydrogen-bond acceptors (Lipinski definition) is 5. The first kappa shape index (κ1) is 12.4. The normalized spacial score (nSPS) is 11.6. The number of ether oxygens (including phenoxy) is 1. The van der Waals surface area contributed by atoms with Gasteiger partial charge >= 0.3 is 0 Å². The number of phenolic OH excluding ortho intramolecular Hbond substituents is 1. The highest BCUT2D eigenvalue weighted by Crippen LogP contribution is 2.32. The molecule has 0 fully saturated rings. The second-order valence-corrected chi connectivity index (χ2v) is 5.00. The summed E-state index contributed by atoms with van der Waals surface area (Å²) in [5.74, 6) is 0.320. The zero-order chi connectivity index (χ0) is 13.1. The molecular formula is C13H13NO3S. The third-order valence-corrected chi connectivity index (χ3v) is 3.56. The van der Waals surface area contributed by atoms with Gasteiger partial charge in [-0.15, -0.1) is 11.3 Å². The van der Waals surface area contributed by atoms with Crippen molar-refractivity contribution in [1.82, 2.24) is 0 Å². The van der Waals surface area contributed by atoms with Crippen molar-refractivity contribution in [3.05, 3.63) is 45.6 Å². The minimum absolute atomic E-state index is 0.0288. The summed E-state index contributed by atoms with van der Waals surface area (Å²) in [4.78, 5) is 1.90. The fraction of sp³-hybridized carbons (Fsp3) is 0.154. The molecule has 0 amide bonds. The van der Waals surface area contributed by atoms with Crippen LogP contribution in [-0.2, 0) is 0 Å². The summed E-state index contributed by atoms with van der Waals surface area (Å²) in [5, 5.41) is 22.5. The molecule has 2 N–H and O–H groups in total. The van der Waals surface area contributed by atoms with Crippen LogP contribution in [-0.4, -0.2) is 23.1 Å². The van der Waals surface area contributed by atoms with Gasteiger partial charge in [0, 0.05) is 4.88 Å². The van der Waals surface area contributed by atoms with Gasteiger partial charge in [-0.25, -0.2) is 0 Å². The summed E-state index contributed by atoms with van der Waals surface area (Å²) in [5.41, 5.74) is 0.781. The molecule has 0 saturated heterocycles. The van der Waals surface area contributed by atoms with E-state index in [1.165, 1.54) is 18.4 Å². The Hall–Kier alpha value is -2.01. The maximum Gasteiger partial charge on any atom is 0.167 e. The molecule has 5 heteroatoms. The monoisotopic (exact) mass is 263 g/mol. The third-order valence-electron chi connectivity index (χ3n) is 2.55. The van der Waals surface area contributed by atoms with Gasteiger partial charge in [-0.1, -0.05) is 11.2 Å². The summed E-state index contributed by atoms with van der Waals surface area (Å²) in [6.45, 7) is 1.97. The molecule has 0 spiro atoms. The number of oxime groups is 1. The summed E-state index contributed by atoms with van der Waals surface area (Å²) in [7, 11) is 1.48. The molecule has 0 saturated carbocycles. The highest BCUT2D eigenvalue weighted by atomic mass is 32.1. The van der Waals surface area contributed by atoms with E-state index in [0.717, 1.165) is 9.75 Å². The predicted molar refractivity (Wildman–Crippen MR) is 71.1 cm³/mol. The maximum absolute atomic E-state index is 10.0. The zero-order valence-corrected chi connectivity index (χ0v) is 10.9. The number of methoxy groups -OCH3 is 1. The minimum atomic E-state index is -0.0288. The first-order valence-electron chi connectivity index (χ1n) is 5.32. The van der Waals surface area contributed by atoms with Crippen LogP contribution in [0.5, 0.6) is 11.5 Å². The molecule has 0 bridgehead atoms. The van der Waals surface area contributed by atoms with Gasteiger partial charge < -0.3 is 15.1 Å². The molecule has 4 nitrogen and oxygen atoms in total. The van der Waals surface area contributed by atoms with E-state index < -0.39 is 0 Å². The van der Waals surface area contributed by atoms with E-state index in [0.29, 0.717) is 17.0 Å². The molecule has 1 heterocycles. The Morgan fingerprint density at radius 3 is 2.61 bits per heavy atom. The molecule has 18 heavy (non-hydrogen) atoms. The van der Waals surface area contributed by atoms with Crippen LogP contribution in [0.4, 0.5) is 0 Å². The average Bonchev–Trinajstić information content (AvgIpc) is 2.79. The van der Waals surface area contributed by atoms with E-state index in [1.807, 2.05) is 19.1 Å². The molecule has 0 radical (unpaired) electrons. The van der Waals surface area contributed by atoms with Crippen LogP contribution in [0.1, 0.15) is 15.3 Å². The van der Waals surface area contributed by atoms with E-state index >= 15 is 0 Å². The highest BCUT2D eigenvalue weighted by Gasteiger charge is 2.16. The van der Waals surface area contributed by atoms with Crippen LogP contribution in [0, 0.1) is 6.92 Å². The van der Waals surface area contributed by atoms with Crippen molar-refractivity contribution in [2.24, 2.45) is 5.16 Å². The van der Waals surface area contributed by atoms with E-state index in [1.54, 1.807) is 18.2 Å². The van der Waals surface area contributed by atoms with E-state index in [2.05, 4.69) is 5.16 Å². The van der Waals surface area contributed by atoms with Gasteiger partial charge in [0.25, 0.3) is 0 Å².